The molecule has 2 heteroatoms. The van der Waals surface area contributed by atoms with Gasteiger partial charge >= 0.3 is 0 Å². The Labute approximate surface area is 111 Å². The van der Waals surface area contributed by atoms with Gasteiger partial charge in [0.15, 0.2) is 0 Å². The Balaban J connectivity index is 2.32. The lowest BCUT2D eigenvalue weighted by Gasteiger charge is -2.37. The maximum Gasteiger partial charge on any atom is 0.0728 e. The average Bonchev–Trinajstić information content (AvgIpc) is 2.81. The van der Waals surface area contributed by atoms with Crippen LogP contribution in [0.4, 0.5) is 0 Å². The minimum Gasteiger partial charge on any atom is -0.0879 e. The molecule has 2 aliphatic carbocycles. The molecule has 0 unspecified atom stereocenters. The van der Waals surface area contributed by atoms with Crippen LogP contribution in [0.2, 0.25) is 18.1 Å². The Kier molecular flexibility index (Phi) is 3.38. The van der Waals surface area contributed by atoms with Crippen molar-refractivity contribution in [3.63, 3.8) is 0 Å². The number of rotatable bonds is 4. The minimum atomic E-state index is -1.09. The third-order valence-electron chi connectivity index (χ3n) is 6.24. The van der Waals surface area contributed by atoms with Gasteiger partial charge in [0.2, 0.25) is 0 Å². The van der Waals surface area contributed by atoms with Gasteiger partial charge in [-0.3, -0.25) is 0 Å². The van der Waals surface area contributed by atoms with Crippen LogP contribution in [0, 0.1) is 11.3 Å². The number of hydrogen-bond acceptors (Lipinski definition) is 0. The summed E-state index contributed by atoms with van der Waals surface area (Å²) in [5.41, 5.74) is 0.666. The number of halogens is 1. The van der Waals surface area contributed by atoms with Crippen molar-refractivity contribution >= 4 is 24.0 Å². The molecule has 16 heavy (non-hydrogen) atoms. The van der Waals surface area contributed by atoms with Crippen molar-refractivity contribution in [2.24, 2.45) is 11.3 Å². The van der Waals surface area contributed by atoms with E-state index in [4.69, 9.17) is 0 Å². The SMILES string of the molecule is CC[Si](CC)(CC)[C@]1(Br)[C@@H]2CCCC[C@@]21C. The number of alkyl halides is 1. The third-order valence-corrected chi connectivity index (χ3v) is 16.7. The summed E-state index contributed by atoms with van der Waals surface area (Å²) in [6, 6.07) is 4.41. The smallest absolute Gasteiger partial charge is 0.0728 e. The van der Waals surface area contributed by atoms with Crippen LogP contribution < -0.4 is 0 Å². The molecule has 0 spiro atoms. The van der Waals surface area contributed by atoms with Crippen LogP contribution >= 0.6 is 15.9 Å². The van der Waals surface area contributed by atoms with Crippen molar-refractivity contribution in [3.05, 3.63) is 0 Å². The van der Waals surface area contributed by atoms with Crippen molar-refractivity contribution < 1.29 is 0 Å². The van der Waals surface area contributed by atoms with Gasteiger partial charge in [-0.15, -0.1) is 0 Å². The van der Waals surface area contributed by atoms with Gasteiger partial charge in [0.05, 0.1) is 8.07 Å². The van der Waals surface area contributed by atoms with Crippen molar-refractivity contribution in [2.45, 2.75) is 75.5 Å². The maximum atomic E-state index is 4.30. The summed E-state index contributed by atoms with van der Waals surface area (Å²) < 4.78 is 0.599. The molecule has 3 atom stereocenters. The molecular formula is C14H27BrSi. The number of fused-ring (bicyclic) bond motifs is 1. The van der Waals surface area contributed by atoms with Crippen LogP contribution in [0.5, 0.6) is 0 Å². The zero-order valence-corrected chi connectivity index (χ0v) is 14.0. The fraction of sp³-hybridized carbons (Fsp3) is 1.00. The van der Waals surface area contributed by atoms with Gasteiger partial charge in [0.25, 0.3) is 0 Å². The van der Waals surface area contributed by atoms with Gasteiger partial charge in [-0.25, -0.2) is 0 Å². The van der Waals surface area contributed by atoms with Crippen LogP contribution in [0.25, 0.3) is 0 Å². The molecule has 0 radical (unpaired) electrons. The van der Waals surface area contributed by atoms with Gasteiger partial charge in [0, 0.05) is 3.95 Å². The highest BCUT2D eigenvalue weighted by atomic mass is 79.9. The molecule has 2 fully saturated rings. The summed E-state index contributed by atoms with van der Waals surface area (Å²) >= 11 is 4.30. The highest BCUT2D eigenvalue weighted by molar-refractivity contribution is 9.10. The molecule has 0 saturated heterocycles. The largest absolute Gasteiger partial charge is 0.0879 e. The summed E-state index contributed by atoms with van der Waals surface area (Å²) in [5, 5.41) is 0. The van der Waals surface area contributed by atoms with Gasteiger partial charge < -0.3 is 0 Å². The summed E-state index contributed by atoms with van der Waals surface area (Å²) in [7, 11) is -1.09. The molecule has 0 heterocycles. The highest BCUT2D eigenvalue weighted by Gasteiger charge is 2.78. The molecule has 0 bridgehead atoms. The van der Waals surface area contributed by atoms with E-state index >= 15 is 0 Å². The van der Waals surface area contributed by atoms with E-state index in [1.54, 1.807) is 0 Å². The average molecular weight is 303 g/mol. The maximum absolute atomic E-state index is 4.30. The fourth-order valence-electron chi connectivity index (χ4n) is 4.94. The first-order valence-corrected chi connectivity index (χ1v) is 10.6. The van der Waals surface area contributed by atoms with E-state index < -0.39 is 8.07 Å². The summed E-state index contributed by atoms with van der Waals surface area (Å²) in [5.74, 6) is 1.01. The lowest BCUT2D eigenvalue weighted by Crippen LogP contribution is -2.47. The lowest BCUT2D eigenvalue weighted by molar-refractivity contribution is 0.365. The predicted octanol–water partition coefficient (Wildman–Crippen LogP) is 5.38. The summed E-state index contributed by atoms with van der Waals surface area (Å²) in [4.78, 5) is 0. The topological polar surface area (TPSA) is 0 Å². The molecule has 0 aromatic heterocycles. The molecule has 0 aromatic rings. The lowest BCUT2D eigenvalue weighted by atomic mass is 9.90. The first kappa shape index (κ1) is 13.1. The van der Waals surface area contributed by atoms with E-state index in [0.29, 0.717) is 9.36 Å². The fourth-order valence-corrected chi connectivity index (χ4v) is 14.2. The Bertz CT molecular complexity index is 266. The Morgan fingerprint density at radius 3 is 2.06 bits per heavy atom. The van der Waals surface area contributed by atoms with Crippen molar-refractivity contribution in [2.75, 3.05) is 0 Å². The van der Waals surface area contributed by atoms with Crippen LogP contribution in [-0.2, 0) is 0 Å². The van der Waals surface area contributed by atoms with E-state index in [0.717, 1.165) is 5.92 Å². The van der Waals surface area contributed by atoms with Gasteiger partial charge in [0.1, 0.15) is 0 Å². The molecule has 0 amide bonds. The molecule has 2 aliphatic rings. The molecule has 0 aliphatic heterocycles. The quantitative estimate of drug-likeness (QED) is 0.483. The van der Waals surface area contributed by atoms with Crippen LogP contribution in [0.15, 0.2) is 0 Å². The van der Waals surface area contributed by atoms with Crippen molar-refractivity contribution in [3.8, 4) is 0 Å². The predicted molar refractivity (Wildman–Crippen MR) is 78.9 cm³/mol. The third kappa shape index (κ3) is 1.32. The van der Waals surface area contributed by atoms with E-state index in [2.05, 4.69) is 43.6 Å². The molecular weight excluding hydrogens is 276 g/mol. The second kappa shape index (κ2) is 4.12. The second-order valence-electron chi connectivity index (χ2n) is 6.27. The van der Waals surface area contributed by atoms with Gasteiger partial charge in [-0.05, 0) is 24.2 Å². The summed E-state index contributed by atoms with van der Waals surface area (Å²) in [6.07, 6.45) is 5.94. The van der Waals surface area contributed by atoms with Crippen molar-refractivity contribution in [1.82, 2.24) is 0 Å². The minimum absolute atomic E-state index is 0.599. The van der Waals surface area contributed by atoms with Crippen LogP contribution in [-0.4, -0.2) is 12.0 Å². The zero-order chi connectivity index (χ0) is 12.0. The van der Waals surface area contributed by atoms with Gasteiger partial charge in [-0.1, -0.05) is 74.6 Å². The molecule has 0 aromatic carbocycles. The Morgan fingerprint density at radius 2 is 1.69 bits per heavy atom. The van der Waals surface area contributed by atoms with Crippen LogP contribution in [0.1, 0.15) is 53.4 Å². The summed E-state index contributed by atoms with van der Waals surface area (Å²) in [6.45, 7) is 9.94. The second-order valence-corrected chi connectivity index (χ2v) is 13.7. The van der Waals surface area contributed by atoms with Crippen molar-refractivity contribution in [1.29, 1.82) is 0 Å². The Morgan fingerprint density at radius 1 is 1.12 bits per heavy atom. The molecule has 94 valence electrons. The molecule has 2 saturated carbocycles. The molecule has 2 rings (SSSR count). The zero-order valence-electron chi connectivity index (χ0n) is 11.4. The standard InChI is InChI=1S/C14H27BrSi/c1-5-16(6-2,7-3)14(15)12-10-8-9-11-13(12,14)4/h12H,5-11H2,1-4H3/t12-,13+,14-/m1/s1. The van der Waals surface area contributed by atoms with E-state index in [1.165, 1.54) is 43.8 Å². The molecule has 0 nitrogen and oxygen atoms in total. The van der Waals surface area contributed by atoms with E-state index in [1.807, 2.05) is 0 Å². The van der Waals surface area contributed by atoms with E-state index in [9.17, 15) is 0 Å². The number of hydrogen-bond donors (Lipinski definition) is 0. The Hall–Kier alpha value is 0.697. The van der Waals surface area contributed by atoms with E-state index in [-0.39, 0.29) is 0 Å². The first-order chi connectivity index (χ1) is 7.52. The highest BCUT2D eigenvalue weighted by Crippen LogP contribution is 2.77. The first-order valence-electron chi connectivity index (χ1n) is 7.21. The van der Waals surface area contributed by atoms with Gasteiger partial charge in [-0.2, -0.15) is 0 Å². The van der Waals surface area contributed by atoms with Crippen LogP contribution in [0.3, 0.4) is 0 Å². The monoisotopic (exact) mass is 302 g/mol. The normalized spacial score (nSPS) is 42.9. The molecule has 0 N–H and O–H groups in total.